The number of thiazole rings is 1. The van der Waals surface area contributed by atoms with Crippen molar-refractivity contribution in [2.45, 2.75) is 6.54 Å². The van der Waals surface area contributed by atoms with Gasteiger partial charge in [0.2, 0.25) is 5.91 Å². The molecular weight excluding hydrogens is 384 g/mol. The summed E-state index contributed by atoms with van der Waals surface area (Å²) >= 11 is 2.86. The number of methoxy groups -OCH3 is 1. The summed E-state index contributed by atoms with van der Waals surface area (Å²) in [5, 5.41) is 9.41. The smallest absolute Gasteiger partial charge is 0.267 e. The second-order valence-corrected chi connectivity index (χ2v) is 7.57. The Morgan fingerprint density at radius 2 is 2.15 bits per heavy atom. The van der Waals surface area contributed by atoms with Crippen molar-refractivity contribution in [1.29, 1.82) is 0 Å². The normalized spacial score (nSPS) is 10.9. The molecule has 7 nitrogen and oxygen atoms in total. The summed E-state index contributed by atoms with van der Waals surface area (Å²) in [6.45, 7) is -0.183. The zero-order valence-corrected chi connectivity index (χ0v) is 15.8. The van der Waals surface area contributed by atoms with E-state index in [9.17, 15) is 9.59 Å². The van der Waals surface area contributed by atoms with Crippen molar-refractivity contribution in [3.8, 4) is 16.3 Å². The largest absolute Gasteiger partial charge is 0.497 e. The summed E-state index contributed by atoms with van der Waals surface area (Å²) in [6.07, 6.45) is 0. The van der Waals surface area contributed by atoms with E-state index in [0.29, 0.717) is 10.8 Å². The molecule has 0 saturated heterocycles. The van der Waals surface area contributed by atoms with E-state index in [4.69, 9.17) is 4.74 Å². The predicted molar refractivity (Wildman–Crippen MR) is 107 cm³/mol. The van der Waals surface area contributed by atoms with Gasteiger partial charge >= 0.3 is 0 Å². The zero-order valence-electron chi connectivity index (χ0n) is 14.2. The standard InChI is InChI=1S/C18H14N4O3S2/c1-25-11-4-5-12-15(9-11)27-18(19-12)20-16(23)10-22-17(24)7-6-13(21-22)14-3-2-8-26-14/h2-9H,10H2,1H3,(H,19,20,23). The van der Waals surface area contributed by atoms with Gasteiger partial charge in [0.05, 0.1) is 22.2 Å². The second kappa shape index (κ2) is 7.29. The maximum absolute atomic E-state index is 12.4. The van der Waals surface area contributed by atoms with Crippen molar-refractivity contribution in [3.05, 3.63) is 58.2 Å². The number of benzene rings is 1. The van der Waals surface area contributed by atoms with Crippen LogP contribution >= 0.6 is 22.7 Å². The first-order chi connectivity index (χ1) is 13.1. The molecule has 27 heavy (non-hydrogen) atoms. The van der Waals surface area contributed by atoms with Crippen LogP contribution in [0.5, 0.6) is 5.75 Å². The van der Waals surface area contributed by atoms with E-state index in [1.807, 2.05) is 35.7 Å². The van der Waals surface area contributed by atoms with Crippen LogP contribution in [-0.4, -0.2) is 27.8 Å². The molecule has 0 bridgehead atoms. The number of hydrogen-bond acceptors (Lipinski definition) is 7. The molecule has 0 unspecified atom stereocenters. The minimum atomic E-state index is -0.362. The molecule has 0 saturated carbocycles. The summed E-state index contributed by atoms with van der Waals surface area (Å²) < 4.78 is 7.25. The molecule has 0 radical (unpaired) electrons. The number of rotatable bonds is 5. The van der Waals surface area contributed by atoms with Gasteiger partial charge in [-0.2, -0.15) is 5.10 Å². The van der Waals surface area contributed by atoms with Crippen LogP contribution in [0.2, 0.25) is 0 Å². The second-order valence-electron chi connectivity index (χ2n) is 5.59. The molecule has 9 heteroatoms. The number of aromatic nitrogens is 3. The van der Waals surface area contributed by atoms with Crippen molar-refractivity contribution >= 4 is 43.9 Å². The fourth-order valence-electron chi connectivity index (χ4n) is 2.50. The fraction of sp³-hybridized carbons (Fsp3) is 0.111. The number of amides is 1. The van der Waals surface area contributed by atoms with Crippen molar-refractivity contribution in [3.63, 3.8) is 0 Å². The first-order valence-corrected chi connectivity index (χ1v) is 9.68. The van der Waals surface area contributed by atoms with Gasteiger partial charge in [-0.3, -0.25) is 9.59 Å². The van der Waals surface area contributed by atoms with E-state index in [-0.39, 0.29) is 18.0 Å². The minimum absolute atomic E-state index is 0.183. The van der Waals surface area contributed by atoms with Crippen molar-refractivity contribution < 1.29 is 9.53 Å². The first-order valence-electron chi connectivity index (χ1n) is 7.99. The number of thiophene rings is 1. The van der Waals surface area contributed by atoms with Gasteiger partial charge in [0, 0.05) is 6.07 Å². The molecule has 1 N–H and O–H groups in total. The molecule has 4 aromatic rings. The number of ether oxygens (including phenoxy) is 1. The first kappa shape index (κ1) is 17.4. The van der Waals surface area contributed by atoms with Gasteiger partial charge in [0.1, 0.15) is 18.0 Å². The average molecular weight is 398 g/mol. The highest BCUT2D eigenvalue weighted by atomic mass is 32.1. The van der Waals surface area contributed by atoms with Crippen LogP contribution in [0.1, 0.15) is 0 Å². The zero-order chi connectivity index (χ0) is 18.8. The molecule has 3 heterocycles. The van der Waals surface area contributed by atoms with Crippen LogP contribution in [0, 0.1) is 0 Å². The maximum Gasteiger partial charge on any atom is 0.267 e. The van der Waals surface area contributed by atoms with E-state index in [1.165, 1.54) is 28.7 Å². The predicted octanol–water partition coefficient (Wildman–Crippen LogP) is 3.23. The number of anilines is 1. The molecule has 0 fully saturated rings. The Labute approximate surface area is 161 Å². The Hall–Kier alpha value is -3.04. The van der Waals surface area contributed by atoms with Gasteiger partial charge in [-0.1, -0.05) is 17.4 Å². The number of fused-ring (bicyclic) bond motifs is 1. The summed E-state index contributed by atoms with van der Waals surface area (Å²) in [5.41, 5.74) is 1.09. The van der Waals surface area contributed by atoms with E-state index in [0.717, 1.165) is 25.5 Å². The van der Waals surface area contributed by atoms with Gasteiger partial charge in [-0.15, -0.1) is 11.3 Å². The Morgan fingerprint density at radius 3 is 2.93 bits per heavy atom. The van der Waals surface area contributed by atoms with Crippen molar-refractivity contribution in [2.75, 3.05) is 12.4 Å². The SMILES string of the molecule is COc1ccc2nc(NC(=O)Cn3nc(-c4cccs4)ccc3=O)sc2c1. The Kier molecular flexibility index (Phi) is 4.69. The number of nitrogens with one attached hydrogen (secondary N) is 1. The van der Waals surface area contributed by atoms with E-state index in [1.54, 1.807) is 13.2 Å². The molecule has 1 aromatic carbocycles. The van der Waals surface area contributed by atoms with E-state index < -0.39 is 0 Å². The molecule has 4 rings (SSSR count). The van der Waals surface area contributed by atoms with Gasteiger partial charge in [0.15, 0.2) is 5.13 Å². The monoisotopic (exact) mass is 398 g/mol. The number of carbonyl (C=O) groups is 1. The Balaban J connectivity index is 1.53. The van der Waals surface area contributed by atoms with Crippen LogP contribution in [0.25, 0.3) is 20.8 Å². The van der Waals surface area contributed by atoms with Crippen molar-refractivity contribution in [2.24, 2.45) is 0 Å². The summed E-state index contributed by atoms with van der Waals surface area (Å²) in [4.78, 5) is 29.7. The minimum Gasteiger partial charge on any atom is -0.497 e. The van der Waals surface area contributed by atoms with Crippen molar-refractivity contribution in [1.82, 2.24) is 14.8 Å². The maximum atomic E-state index is 12.4. The highest BCUT2D eigenvalue weighted by Gasteiger charge is 2.12. The molecule has 0 aliphatic heterocycles. The van der Waals surface area contributed by atoms with Crippen LogP contribution in [0.3, 0.4) is 0 Å². The molecule has 0 spiro atoms. The number of carbonyl (C=O) groups excluding carboxylic acids is 1. The number of hydrogen-bond donors (Lipinski definition) is 1. The molecule has 0 aliphatic carbocycles. The lowest BCUT2D eigenvalue weighted by atomic mass is 10.3. The summed E-state index contributed by atoms with van der Waals surface area (Å²) in [5.74, 6) is 0.365. The van der Waals surface area contributed by atoms with Crippen LogP contribution < -0.4 is 15.6 Å². The quantitative estimate of drug-likeness (QED) is 0.558. The third-order valence-corrected chi connectivity index (χ3v) is 5.60. The van der Waals surface area contributed by atoms with Gasteiger partial charge in [-0.05, 0) is 35.7 Å². The molecule has 3 aromatic heterocycles. The third kappa shape index (κ3) is 3.74. The van der Waals surface area contributed by atoms with E-state index in [2.05, 4.69) is 15.4 Å². The van der Waals surface area contributed by atoms with Crippen LogP contribution in [-0.2, 0) is 11.3 Å². The Morgan fingerprint density at radius 1 is 1.26 bits per heavy atom. The van der Waals surface area contributed by atoms with Crippen LogP contribution in [0.15, 0.2) is 52.6 Å². The lowest BCUT2D eigenvalue weighted by molar-refractivity contribution is -0.117. The third-order valence-electron chi connectivity index (χ3n) is 3.78. The highest BCUT2D eigenvalue weighted by Crippen LogP contribution is 2.29. The topological polar surface area (TPSA) is 86.1 Å². The molecule has 1 amide bonds. The molecule has 0 aliphatic rings. The van der Waals surface area contributed by atoms with Gasteiger partial charge in [-0.25, -0.2) is 9.67 Å². The summed E-state index contributed by atoms with van der Waals surface area (Å²) in [6, 6.07) is 12.4. The molecule has 0 atom stereocenters. The highest BCUT2D eigenvalue weighted by molar-refractivity contribution is 7.22. The molecular formula is C18H14N4O3S2. The fourth-order valence-corrected chi connectivity index (χ4v) is 4.10. The lowest BCUT2D eigenvalue weighted by Crippen LogP contribution is -2.29. The number of nitrogens with zero attached hydrogens (tertiary/aromatic N) is 3. The van der Waals surface area contributed by atoms with Gasteiger partial charge < -0.3 is 10.1 Å². The van der Waals surface area contributed by atoms with Crippen LogP contribution in [0.4, 0.5) is 5.13 Å². The summed E-state index contributed by atoms with van der Waals surface area (Å²) in [7, 11) is 1.60. The molecule has 136 valence electrons. The lowest BCUT2D eigenvalue weighted by Gasteiger charge is -2.05. The average Bonchev–Trinajstić information content (AvgIpc) is 3.32. The Bertz CT molecular complexity index is 1170. The van der Waals surface area contributed by atoms with E-state index >= 15 is 0 Å². The van der Waals surface area contributed by atoms with Gasteiger partial charge in [0.25, 0.3) is 5.56 Å².